The first-order valence-electron chi connectivity index (χ1n) is 9.70. The molecular weight excluding hydrogens is 429 g/mol. The van der Waals surface area contributed by atoms with Gasteiger partial charge in [-0.05, 0) is 47.9 Å². The molecule has 31 heavy (non-hydrogen) atoms. The maximum absolute atomic E-state index is 13.8. The monoisotopic (exact) mass is 448 g/mol. The summed E-state index contributed by atoms with van der Waals surface area (Å²) in [6.45, 7) is 0.237. The van der Waals surface area contributed by atoms with Crippen LogP contribution >= 0.6 is 0 Å². The Hall–Kier alpha value is -2.91. The van der Waals surface area contributed by atoms with E-state index in [4.69, 9.17) is 0 Å². The van der Waals surface area contributed by atoms with E-state index in [-0.39, 0.29) is 30.8 Å². The van der Waals surface area contributed by atoms with Crippen LogP contribution in [0.2, 0.25) is 0 Å². The SMILES string of the molecule is O=C(Nc1ccc(F)c(F)c1F)C1CCN(S(=O)(=O)c2ccc3ccccc3c2)CC1. The van der Waals surface area contributed by atoms with E-state index in [0.29, 0.717) is 0 Å². The Morgan fingerprint density at radius 1 is 0.903 bits per heavy atom. The minimum absolute atomic E-state index is 0.119. The molecule has 0 unspecified atom stereocenters. The average molecular weight is 448 g/mol. The first kappa shape index (κ1) is 21.3. The van der Waals surface area contributed by atoms with Gasteiger partial charge < -0.3 is 5.32 Å². The van der Waals surface area contributed by atoms with E-state index in [1.807, 2.05) is 24.3 Å². The molecule has 1 aliphatic heterocycles. The number of rotatable bonds is 4. The van der Waals surface area contributed by atoms with Gasteiger partial charge >= 0.3 is 0 Å². The van der Waals surface area contributed by atoms with E-state index in [0.717, 1.165) is 22.9 Å². The van der Waals surface area contributed by atoms with E-state index in [1.165, 1.54) is 4.31 Å². The first-order valence-corrected chi connectivity index (χ1v) is 11.1. The third-order valence-electron chi connectivity index (χ3n) is 5.48. The molecule has 3 aromatic carbocycles. The van der Waals surface area contributed by atoms with Gasteiger partial charge in [-0.25, -0.2) is 21.6 Å². The zero-order chi connectivity index (χ0) is 22.2. The Balaban J connectivity index is 1.44. The average Bonchev–Trinajstić information content (AvgIpc) is 2.79. The van der Waals surface area contributed by atoms with Crippen molar-refractivity contribution < 1.29 is 26.4 Å². The van der Waals surface area contributed by atoms with Crippen molar-refractivity contribution in [2.24, 2.45) is 5.92 Å². The number of nitrogens with zero attached hydrogens (tertiary/aromatic N) is 1. The molecule has 162 valence electrons. The second kappa shape index (κ2) is 8.32. The highest BCUT2D eigenvalue weighted by atomic mass is 32.2. The molecule has 4 rings (SSSR count). The van der Waals surface area contributed by atoms with Crippen LogP contribution in [-0.4, -0.2) is 31.7 Å². The zero-order valence-electron chi connectivity index (χ0n) is 16.3. The van der Waals surface area contributed by atoms with Crippen molar-refractivity contribution >= 4 is 32.4 Å². The smallest absolute Gasteiger partial charge is 0.243 e. The highest BCUT2D eigenvalue weighted by molar-refractivity contribution is 7.89. The summed E-state index contributed by atoms with van der Waals surface area (Å²) in [5.41, 5.74) is -0.449. The Kier molecular flexibility index (Phi) is 5.72. The second-order valence-corrected chi connectivity index (χ2v) is 9.34. The highest BCUT2D eigenvalue weighted by Gasteiger charge is 2.32. The normalized spacial score (nSPS) is 15.8. The van der Waals surface area contributed by atoms with Gasteiger partial charge in [0.05, 0.1) is 10.6 Å². The van der Waals surface area contributed by atoms with Gasteiger partial charge in [-0.3, -0.25) is 4.79 Å². The lowest BCUT2D eigenvalue weighted by Gasteiger charge is -2.30. The number of halogens is 3. The number of nitrogens with one attached hydrogen (secondary N) is 1. The predicted octanol–water partition coefficient (Wildman–Crippen LogP) is 4.30. The molecule has 5 nitrogen and oxygen atoms in total. The van der Waals surface area contributed by atoms with Crippen molar-refractivity contribution in [3.05, 3.63) is 72.0 Å². The molecule has 1 amide bonds. The first-order chi connectivity index (χ1) is 14.8. The van der Waals surface area contributed by atoms with Crippen LogP contribution < -0.4 is 5.32 Å². The lowest BCUT2D eigenvalue weighted by atomic mass is 9.97. The lowest BCUT2D eigenvalue weighted by molar-refractivity contribution is -0.120. The number of hydrogen-bond acceptors (Lipinski definition) is 3. The van der Waals surface area contributed by atoms with Crippen molar-refractivity contribution in [2.75, 3.05) is 18.4 Å². The number of fused-ring (bicyclic) bond motifs is 1. The molecule has 3 aromatic rings. The third kappa shape index (κ3) is 4.15. The number of carbonyl (C=O) groups excluding carboxylic acids is 1. The Bertz CT molecular complexity index is 1260. The van der Waals surface area contributed by atoms with E-state index < -0.39 is 45.0 Å². The minimum atomic E-state index is -3.73. The molecule has 1 heterocycles. The van der Waals surface area contributed by atoms with Gasteiger partial charge in [-0.2, -0.15) is 4.31 Å². The maximum Gasteiger partial charge on any atom is 0.243 e. The molecule has 1 saturated heterocycles. The van der Waals surface area contributed by atoms with Crippen molar-refractivity contribution in [1.29, 1.82) is 0 Å². The topological polar surface area (TPSA) is 66.5 Å². The summed E-state index contributed by atoms with van der Waals surface area (Å²) in [7, 11) is -3.73. The number of piperidine rings is 1. The van der Waals surface area contributed by atoms with Gasteiger partial charge in [-0.15, -0.1) is 0 Å². The van der Waals surface area contributed by atoms with Crippen LogP contribution in [0.1, 0.15) is 12.8 Å². The number of benzene rings is 3. The van der Waals surface area contributed by atoms with Crippen LogP contribution in [-0.2, 0) is 14.8 Å². The molecule has 0 radical (unpaired) electrons. The second-order valence-electron chi connectivity index (χ2n) is 7.40. The third-order valence-corrected chi connectivity index (χ3v) is 7.37. The van der Waals surface area contributed by atoms with Crippen molar-refractivity contribution in [3.8, 4) is 0 Å². The molecule has 0 atom stereocenters. The Labute approximate surface area is 177 Å². The van der Waals surface area contributed by atoms with Gasteiger partial charge in [0.25, 0.3) is 0 Å². The summed E-state index contributed by atoms with van der Waals surface area (Å²) in [6, 6.07) is 14.0. The van der Waals surface area contributed by atoms with Gasteiger partial charge in [0.15, 0.2) is 17.5 Å². The number of sulfonamides is 1. The summed E-state index contributed by atoms with van der Waals surface area (Å²) < 4.78 is 67.5. The van der Waals surface area contributed by atoms with Gasteiger partial charge in [-0.1, -0.05) is 30.3 Å². The summed E-state index contributed by atoms with van der Waals surface area (Å²) in [6.07, 6.45) is 0.452. The molecular formula is C22H19F3N2O3S. The summed E-state index contributed by atoms with van der Waals surface area (Å²) in [5.74, 6) is -5.61. The summed E-state index contributed by atoms with van der Waals surface area (Å²) in [4.78, 5) is 12.6. The van der Waals surface area contributed by atoms with Gasteiger partial charge in [0.1, 0.15) is 0 Å². The van der Waals surface area contributed by atoms with Gasteiger partial charge in [0.2, 0.25) is 15.9 Å². The fraction of sp³-hybridized carbons (Fsp3) is 0.227. The molecule has 0 aromatic heterocycles. The number of carbonyl (C=O) groups is 1. The van der Waals surface area contributed by atoms with Crippen LogP contribution in [0.15, 0.2) is 59.5 Å². The molecule has 0 spiro atoms. The Morgan fingerprint density at radius 3 is 2.29 bits per heavy atom. The van der Waals surface area contributed by atoms with E-state index in [1.54, 1.807) is 18.2 Å². The number of hydrogen-bond donors (Lipinski definition) is 1. The minimum Gasteiger partial charge on any atom is -0.323 e. The van der Waals surface area contributed by atoms with Crippen LogP contribution in [0.5, 0.6) is 0 Å². The molecule has 0 bridgehead atoms. The van der Waals surface area contributed by atoms with Crippen molar-refractivity contribution in [1.82, 2.24) is 4.31 Å². The Morgan fingerprint density at radius 2 is 1.58 bits per heavy atom. The van der Waals surface area contributed by atoms with E-state index in [2.05, 4.69) is 5.32 Å². The predicted molar refractivity (Wildman–Crippen MR) is 110 cm³/mol. The summed E-state index contributed by atoms with van der Waals surface area (Å²) in [5, 5.41) is 4.01. The van der Waals surface area contributed by atoms with Gasteiger partial charge in [0, 0.05) is 19.0 Å². The van der Waals surface area contributed by atoms with E-state index >= 15 is 0 Å². The quantitative estimate of drug-likeness (QED) is 0.606. The zero-order valence-corrected chi connectivity index (χ0v) is 17.1. The molecule has 1 fully saturated rings. The van der Waals surface area contributed by atoms with Crippen LogP contribution in [0.25, 0.3) is 10.8 Å². The maximum atomic E-state index is 13.8. The van der Waals surface area contributed by atoms with Crippen molar-refractivity contribution in [2.45, 2.75) is 17.7 Å². The number of anilines is 1. The fourth-order valence-corrected chi connectivity index (χ4v) is 5.20. The molecule has 9 heteroatoms. The van der Waals surface area contributed by atoms with Crippen molar-refractivity contribution in [3.63, 3.8) is 0 Å². The largest absolute Gasteiger partial charge is 0.323 e. The van der Waals surface area contributed by atoms with Crippen LogP contribution in [0.4, 0.5) is 18.9 Å². The lowest BCUT2D eigenvalue weighted by Crippen LogP contribution is -2.41. The van der Waals surface area contributed by atoms with E-state index in [9.17, 15) is 26.4 Å². The number of amides is 1. The van der Waals surface area contributed by atoms with Crippen LogP contribution in [0.3, 0.4) is 0 Å². The summed E-state index contributed by atoms with van der Waals surface area (Å²) >= 11 is 0. The molecule has 0 aliphatic carbocycles. The molecule has 1 N–H and O–H groups in total. The highest BCUT2D eigenvalue weighted by Crippen LogP contribution is 2.27. The fourth-order valence-electron chi connectivity index (χ4n) is 3.69. The molecule has 0 saturated carbocycles. The van der Waals surface area contributed by atoms with Crippen LogP contribution in [0, 0.1) is 23.4 Å². The molecule has 1 aliphatic rings. The standard InChI is InChI=1S/C22H19F3N2O3S/c23-18-7-8-19(21(25)20(18)24)26-22(28)15-9-11-27(12-10-15)31(29,30)17-6-5-14-3-1-2-4-16(14)13-17/h1-8,13,15H,9-12H2,(H,26,28).